The zero-order valence-electron chi connectivity index (χ0n) is 14.9. The molecule has 0 atom stereocenters. The molecule has 4 rings (SSSR count). The third-order valence-electron chi connectivity index (χ3n) is 5.75. The molecule has 2 aliphatic rings. The summed E-state index contributed by atoms with van der Waals surface area (Å²) in [6, 6.07) is 10.5. The van der Waals surface area contributed by atoms with Gasteiger partial charge in [0.1, 0.15) is 0 Å². The first kappa shape index (κ1) is 16.5. The lowest BCUT2D eigenvalue weighted by molar-refractivity contribution is -0.138. The van der Waals surface area contributed by atoms with Crippen LogP contribution in [0.15, 0.2) is 36.5 Å². The molecule has 1 aromatic heterocycles. The Morgan fingerprint density at radius 1 is 1.00 bits per heavy atom. The summed E-state index contributed by atoms with van der Waals surface area (Å²) in [5, 5.41) is 1.20. The van der Waals surface area contributed by atoms with Crippen LogP contribution in [0.25, 0.3) is 10.9 Å². The van der Waals surface area contributed by atoms with E-state index in [0.29, 0.717) is 11.8 Å². The summed E-state index contributed by atoms with van der Waals surface area (Å²) in [5.41, 5.74) is 2.39. The van der Waals surface area contributed by atoms with Crippen molar-refractivity contribution in [1.82, 2.24) is 14.8 Å². The van der Waals surface area contributed by atoms with Crippen molar-refractivity contribution in [3.8, 4) is 0 Å². The van der Waals surface area contributed by atoms with Crippen molar-refractivity contribution in [3.63, 3.8) is 0 Å². The highest BCUT2D eigenvalue weighted by atomic mass is 16.2. The average Bonchev–Trinajstić information content (AvgIpc) is 2.69. The van der Waals surface area contributed by atoms with Crippen molar-refractivity contribution in [2.75, 3.05) is 26.2 Å². The van der Waals surface area contributed by atoms with Crippen LogP contribution in [0.3, 0.4) is 0 Å². The highest BCUT2D eigenvalue weighted by Crippen LogP contribution is 2.26. The fourth-order valence-corrected chi connectivity index (χ4v) is 4.27. The predicted molar refractivity (Wildman–Crippen MR) is 100 cm³/mol. The Morgan fingerprint density at radius 2 is 1.76 bits per heavy atom. The van der Waals surface area contributed by atoms with E-state index in [4.69, 9.17) is 0 Å². The molecule has 4 heteroatoms. The highest BCUT2D eigenvalue weighted by molar-refractivity contribution is 5.81. The molecular formula is C21H27N3O. The van der Waals surface area contributed by atoms with Gasteiger partial charge in [0.15, 0.2) is 0 Å². The van der Waals surface area contributed by atoms with Gasteiger partial charge in [0.2, 0.25) is 5.91 Å². The number of carbonyl (C=O) groups excluding carboxylic acids is 1. The SMILES string of the molecule is O=C(C1CCCCC1)N1CCN(Cc2cccc3cccnc23)CC1. The van der Waals surface area contributed by atoms with Crippen LogP contribution < -0.4 is 0 Å². The number of pyridine rings is 1. The quantitative estimate of drug-likeness (QED) is 0.860. The molecule has 2 aromatic rings. The molecule has 1 aliphatic heterocycles. The summed E-state index contributed by atoms with van der Waals surface area (Å²) in [7, 11) is 0. The number of hydrogen-bond acceptors (Lipinski definition) is 3. The number of para-hydroxylation sites is 1. The zero-order chi connectivity index (χ0) is 17.1. The van der Waals surface area contributed by atoms with Crippen LogP contribution in [0.1, 0.15) is 37.7 Å². The van der Waals surface area contributed by atoms with Gasteiger partial charge in [-0.15, -0.1) is 0 Å². The van der Waals surface area contributed by atoms with Crippen molar-refractivity contribution >= 4 is 16.8 Å². The Balaban J connectivity index is 1.36. The molecule has 25 heavy (non-hydrogen) atoms. The molecular weight excluding hydrogens is 310 g/mol. The standard InChI is InChI=1S/C21H27N3O/c25-21(18-6-2-1-3-7-18)24-14-12-23(13-15-24)16-19-9-4-8-17-10-5-11-22-20(17)19/h4-5,8-11,18H,1-3,6-7,12-16H2. The van der Waals surface area contributed by atoms with E-state index in [1.165, 1.54) is 30.2 Å². The molecule has 1 aromatic carbocycles. The second kappa shape index (κ2) is 7.52. The first-order chi connectivity index (χ1) is 12.3. The molecule has 0 spiro atoms. The minimum absolute atomic E-state index is 0.294. The van der Waals surface area contributed by atoms with Crippen LogP contribution in [0.5, 0.6) is 0 Å². The minimum atomic E-state index is 0.294. The number of nitrogens with zero attached hydrogens (tertiary/aromatic N) is 3. The zero-order valence-corrected chi connectivity index (χ0v) is 14.9. The Kier molecular flexibility index (Phi) is 4.97. The van der Waals surface area contributed by atoms with Gasteiger partial charge >= 0.3 is 0 Å². The van der Waals surface area contributed by atoms with E-state index in [2.05, 4.69) is 39.0 Å². The largest absolute Gasteiger partial charge is 0.340 e. The summed E-state index contributed by atoms with van der Waals surface area (Å²) in [5.74, 6) is 0.703. The number of aromatic nitrogens is 1. The first-order valence-corrected chi connectivity index (χ1v) is 9.65. The van der Waals surface area contributed by atoms with E-state index in [0.717, 1.165) is 51.1 Å². The van der Waals surface area contributed by atoms with Crippen molar-refractivity contribution < 1.29 is 4.79 Å². The number of amides is 1. The van der Waals surface area contributed by atoms with Gasteiger partial charge in [0.05, 0.1) is 5.52 Å². The lowest BCUT2D eigenvalue weighted by Crippen LogP contribution is -2.50. The third kappa shape index (κ3) is 3.69. The molecule has 0 unspecified atom stereocenters. The van der Waals surface area contributed by atoms with E-state index in [9.17, 15) is 4.79 Å². The fourth-order valence-electron chi connectivity index (χ4n) is 4.27. The highest BCUT2D eigenvalue weighted by Gasteiger charge is 2.28. The Labute approximate surface area is 149 Å². The van der Waals surface area contributed by atoms with Crippen molar-refractivity contribution in [1.29, 1.82) is 0 Å². The van der Waals surface area contributed by atoms with Gasteiger partial charge in [0, 0.05) is 50.2 Å². The predicted octanol–water partition coefficient (Wildman–Crippen LogP) is 3.46. The molecule has 1 saturated heterocycles. The van der Waals surface area contributed by atoms with Gasteiger partial charge in [-0.1, -0.05) is 43.5 Å². The van der Waals surface area contributed by atoms with Gasteiger partial charge in [-0.05, 0) is 24.5 Å². The summed E-state index contributed by atoms with van der Waals surface area (Å²) >= 11 is 0. The second-order valence-electron chi connectivity index (χ2n) is 7.43. The molecule has 0 bridgehead atoms. The number of carbonyl (C=O) groups is 1. The molecule has 4 nitrogen and oxygen atoms in total. The van der Waals surface area contributed by atoms with Crippen LogP contribution in [-0.4, -0.2) is 46.9 Å². The molecule has 1 amide bonds. The maximum atomic E-state index is 12.7. The van der Waals surface area contributed by atoms with Gasteiger partial charge in [-0.25, -0.2) is 0 Å². The molecule has 0 N–H and O–H groups in total. The monoisotopic (exact) mass is 337 g/mol. The van der Waals surface area contributed by atoms with Gasteiger partial charge in [0.25, 0.3) is 0 Å². The molecule has 132 valence electrons. The average molecular weight is 337 g/mol. The Morgan fingerprint density at radius 3 is 2.56 bits per heavy atom. The Hall–Kier alpha value is -1.94. The molecule has 2 fully saturated rings. The normalized spacial score (nSPS) is 20.1. The summed E-state index contributed by atoms with van der Waals surface area (Å²) in [6.45, 7) is 4.57. The van der Waals surface area contributed by atoms with Gasteiger partial charge < -0.3 is 4.90 Å². The topological polar surface area (TPSA) is 36.4 Å². The van der Waals surface area contributed by atoms with Gasteiger partial charge in [-0.2, -0.15) is 0 Å². The van der Waals surface area contributed by atoms with Crippen molar-refractivity contribution in [2.24, 2.45) is 5.92 Å². The Bertz CT molecular complexity index is 726. The number of benzene rings is 1. The van der Waals surface area contributed by atoms with E-state index < -0.39 is 0 Å². The third-order valence-corrected chi connectivity index (χ3v) is 5.75. The second-order valence-corrected chi connectivity index (χ2v) is 7.43. The maximum absolute atomic E-state index is 12.7. The maximum Gasteiger partial charge on any atom is 0.225 e. The van der Waals surface area contributed by atoms with Crippen LogP contribution in [0.2, 0.25) is 0 Å². The van der Waals surface area contributed by atoms with E-state index in [-0.39, 0.29) is 0 Å². The van der Waals surface area contributed by atoms with Gasteiger partial charge in [-0.3, -0.25) is 14.7 Å². The number of hydrogen-bond donors (Lipinski definition) is 0. The van der Waals surface area contributed by atoms with E-state index in [1.807, 2.05) is 12.3 Å². The van der Waals surface area contributed by atoms with E-state index >= 15 is 0 Å². The van der Waals surface area contributed by atoms with Crippen LogP contribution in [-0.2, 0) is 11.3 Å². The summed E-state index contributed by atoms with van der Waals surface area (Å²) < 4.78 is 0. The molecule has 2 heterocycles. The van der Waals surface area contributed by atoms with Crippen molar-refractivity contribution in [2.45, 2.75) is 38.6 Å². The smallest absolute Gasteiger partial charge is 0.225 e. The van der Waals surface area contributed by atoms with Crippen LogP contribution in [0, 0.1) is 5.92 Å². The summed E-state index contributed by atoms with van der Waals surface area (Å²) in [6.07, 6.45) is 7.82. The van der Waals surface area contributed by atoms with Crippen molar-refractivity contribution in [3.05, 3.63) is 42.1 Å². The summed E-state index contributed by atoms with van der Waals surface area (Å²) in [4.78, 5) is 21.8. The number of piperazine rings is 1. The van der Waals surface area contributed by atoms with E-state index in [1.54, 1.807) is 0 Å². The number of rotatable bonds is 3. The van der Waals surface area contributed by atoms with Crippen LogP contribution in [0.4, 0.5) is 0 Å². The lowest BCUT2D eigenvalue weighted by atomic mass is 9.88. The first-order valence-electron chi connectivity index (χ1n) is 9.65. The lowest BCUT2D eigenvalue weighted by Gasteiger charge is -2.37. The molecule has 1 saturated carbocycles. The minimum Gasteiger partial charge on any atom is -0.340 e. The number of fused-ring (bicyclic) bond motifs is 1. The molecule has 0 radical (unpaired) electrons. The fraction of sp³-hybridized carbons (Fsp3) is 0.524. The molecule has 1 aliphatic carbocycles. The van der Waals surface area contributed by atoms with Crippen LogP contribution >= 0.6 is 0 Å².